The molecule has 0 saturated carbocycles. The maximum absolute atomic E-state index is 14.1. The summed E-state index contributed by atoms with van der Waals surface area (Å²) in [6.07, 6.45) is 4.56. The van der Waals surface area contributed by atoms with E-state index in [4.69, 9.17) is 72.5 Å². The number of amidine groups is 1. The lowest BCUT2D eigenvalue weighted by atomic mass is 10.0. The van der Waals surface area contributed by atoms with Crippen LogP contribution in [0.4, 0.5) is 22.7 Å². The normalized spacial score (nSPS) is 15.7. The Bertz CT molecular complexity index is 4380. The van der Waals surface area contributed by atoms with Crippen molar-refractivity contribution in [3.63, 3.8) is 0 Å². The molecule has 7 aromatic carbocycles. The number of carbonyl (C=O) groups is 2. The quantitative estimate of drug-likeness (QED) is 0.0452. The molecular weight excluding hydrogens is 1340 g/mol. The number of amides is 2. The number of halogens is 5. The predicted molar refractivity (Wildman–Crippen MR) is 369 cm³/mol. The Labute approximate surface area is 562 Å². The fourth-order valence-corrected chi connectivity index (χ4v) is 14.3. The number of thiazole rings is 1. The van der Waals surface area contributed by atoms with Crippen molar-refractivity contribution in [1.82, 2.24) is 5.43 Å². The number of anilines is 3. The number of aromatic nitrogens is 1. The molecule has 476 valence electrons. The summed E-state index contributed by atoms with van der Waals surface area (Å²) in [5.74, 6) is 1.00. The number of aryl methyl sites for hydroxylation is 4. The molecular formula is C66H63Cl5N6O10S4. The maximum atomic E-state index is 14.1. The second-order valence-corrected chi connectivity index (χ2v) is 29.2. The number of hydrazine groups is 1. The minimum atomic E-state index is -4.46. The highest BCUT2D eigenvalue weighted by molar-refractivity contribution is 8.01. The molecule has 3 unspecified atom stereocenters. The van der Waals surface area contributed by atoms with E-state index in [1.54, 1.807) is 24.3 Å². The van der Waals surface area contributed by atoms with Crippen molar-refractivity contribution in [3.05, 3.63) is 204 Å². The van der Waals surface area contributed by atoms with Crippen LogP contribution >= 0.6 is 81.1 Å². The van der Waals surface area contributed by atoms with E-state index >= 15 is 0 Å². The first-order valence-corrected chi connectivity index (χ1v) is 35.4. The molecule has 2 aliphatic rings. The average Bonchev–Trinajstić information content (AvgIpc) is 1.67. The predicted octanol–water partition coefficient (Wildman–Crippen LogP) is 16.4. The summed E-state index contributed by atoms with van der Waals surface area (Å²) in [6.45, 7) is 11.8. The van der Waals surface area contributed by atoms with E-state index in [1.165, 1.54) is 47.2 Å². The number of hydrogen-bond donors (Lipinski definition) is 3. The fourth-order valence-electron chi connectivity index (χ4n) is 9.91. The van der Waals surface area contributed by atoms with E-state index in [0.717, 1.165) is 54.3 Å². The fraction of sp³-hybridized carbons (Fsp3) is 0.242. The first-order chi connectivity index (χ1) is 43.3. The van der Waals surface area contributed by atoms with Gasteiger partial charge in [0, 0.05) is 51.4 Å². The molecule has 3 heterocycles. The van der Waals surface area contributed by atoms with Crippen LogP contribution in [0.15, 0.2) is 167 Å². The van der Waals surface area contributed by atoms with Gasteiger partial charge in [-0.25, -0.2) is 18.4 Å². The van der Waals surface area contributed by atoms with Crippen molar-refractivity contribution in [2.75, 3.05) is 27.5 Å². The van der Waals surface area contributed by atoms with Crippen molar-refractivity contribution in [3.8, 4) is 22.6 Å². The van der Waals surface area contributed by atoms with E-state index < -0.39 is 36.8 Å². The van der Waals surface area contributed by atoms with Gasteiger partial charge in [0.25, 0.3) is 26.9 Å². The number of fused-ring (bicyclic) bond motifs is 2. The Morgan fingerprint density at radius 2 is 1.56 bits per heavy atom. The lowest BCUT2D eigenvalue weighted by Gasteiger charge is -2.22. The largest absolute Gasteiger partial charge is 0.748 e. The molecule has 3 N–H and O–H groups in total. The van der Waals surface area contributed by atoms with Crippen LogP contribution in [0.1, 0.15) is 68.2 Å². The minimum absolute atomic E-state index is 0.109. The van der Waals surface area contributed by atoms with E-state index in [9.17, 15) is 35.5 Å². The number of para-hydroxylation sites is 1. The Morgan fingerprint density at radius 3 is 2.25 bits per heavy atom. The third-order valence-electron chi connectivity index (χ3n) is 14.7. The van der Waals surface area contributed by atoms with Gasteiger partial charge in [-0.05, 0) is 142 Å². The highest BCUT2D eigenvalue weighted by Gasteiger charge is 2.42. The zero-order valence-corrected chi connectivity index (χ0v) is 57.1. The van der Waals surface area contributed by atoms with Gasteiger partial charge in [0.15, 0.2) is 18.4 Å². The molecule has 2 aliphatic heterocycles. The van der Waals surface area contributed by atoms with Crippen molar-refractivity contribution >= 4 is 158 Å². The van der Waals surface area contributed by atoms with Crippen LogP contribution < -0.4 is 34.7 Å². The Balaban J connectivity index is 0.000000215. The number of benzene rings is 7. The summed E-state index contributed by atoms with van der Waals surface area (Å²) >= 11 is 34.7. The van der Waals surface area contributed by atoms with Gasteiger partial charge in [-0.1, -0.05) is 155 Å². The van der Waals surface area contributed by atoms with E-state index in [2.05, 4.69) is 10.7 Å². The zero-order valence-electron chi connectivity index (χ0n) is 50.0. The van der Waals surface area contributed by atoms with Gasteiger partial charge in [-0.3, -0.25) is 19.6 Å². The van der Waals surface area contributed by atoms with Crippen LogP contribution in [0.25, 0.3) is 27.4 Å². The molecule has 16 nitrogen and oxygen atoms in total. The molecule has 91 heavy (non-hydrogen) atoms. The number of ether oxygens (including phenoxy) is 2. The number of allylic oxidation sites excluding steroid dienone is 2. The van der Waals surface area contributed by atoms with Gasteiger partial charge in [0.1, 0.15) is 27.2 Å². The number of thioether (sulfide) groups is 1. The smallest absolute Gasteiger partial charge is 0.267 e. The van der Waals surface area contributed by atoms with Crippen LogP contribution in [0, 0.1) is 20.8 Å². The van der Waals surface area contributed by atoms with Crippen molar-refractivity contribution in [1.29, 1.82) is 0 Å². The lowest BCUT2D eigenvalue weighted by molar-refractivity contribution is -0.668. The number of hydrogen-bond acceptors (Lipinski definition) is 13. The molecule has 0 radical (unpaired) electrons. The molecule has 25 heteroatoms. The van der Waals surface area contributed by atoms with Gasteiger partial charge >= 0.3 is 0 Å². The van der Waals surface area contributed by atoms with Gasteiger partial charge in [0.2, 0.25) is 11.4 Å². The van der Waals surface area contributed by atoms with Crippen molar-refractivity contribution in [2.24, 2.45) is 4.99 Å². The van der Waals surface area contributed by atoms with Crippen molar-refractivity contribution < 1.29 is 49.6 Å². The molecule has 3 atom stereocenters. The second kappa shape index (κ2) is 30.0. The number of aliphatic imine (C=N–C) groups is 1. The maximum Gasteiger partial charge on any atom is 0.267 e. The Hall–Kier alpha value is -6.66. The van der Waals surface area contributed by atoms with E-state index in [0.29, 0.717) is 73.9 Å². The zero-order chi connectivity index (χ0) is 65.5. The SMILES string of the molecule is CCC(=Cc1sc2ccc(Cl)cc2[n+]1CCCS(=O)(=O)O)C=C1Oc2ccc(-c3ccccc3)cc2N1CCC(C)S(=O)(=O)[O-].CCC(Oc1ccc(C)cc1C)C(=O)Nc1ccccc1SC1C(=O)N(c2c(Cl)cc(Cl)cc2Cl)NC1=Nc1cc(C)ccc1Cl. The van der Waals surface area contributed by atoms with Crippen molar-refractivity contribution in [2.45, 2.75) is 95.3 Å². The molecule has 0 aliphatic carbocycles. The highest BCUT2D eigenvalue weighted by atomic mass is 35.5. The summed E-state index contributed by atoms with van der Waals surface area (Å²) in [5.41, 5.74) is 11.8. The molecule has 1 saturated heterocycles. The lowest BCUT2D eigenvalue weighted by Crippen LogP contribution is -2.36. The third kappa shape index (κ3) is 17.3. The number of nitrogens with one attached hydrogen (secondary N) is 2. The average molecular weight is 1410 g/mol. The van der Waals surface area contributed by atoms with Crippen LogP contribution in [0.2, 0.25) is 25.1 Å². The summed E-state index contributed by atoms with van der Waals surface area (Å²) in [4.78, 5) is 34.9. The van der Waals surface area contributed by atoms with Gasteiger partial charge in [-0.15, -0.1) is 11.8 Å². The number of nitrogens with zero attached hydrogens (tertiary/aromatic N) is 4. The summed E-state index contributed by atoms with van der Waals surface area (Å²) in [7, 11) is -8.57. The topological polar surface area (TPSA) is 211 Å². The first kappa shape index (κ1) is 68.7. The molecule has 10 rings (SSSR count). The van der Waals surface area contributed by atoms with Crippen LogP contribution in [-0.2, 0) is 36.4 Å². The first-order valence-electron chi connectivity index (χ1n) is 28.8. The van der Waals surface area contributed by atoms with E-state index in [1.807, 2.05) is 159 Å². The summed E-state index contributed by atoms with van der Waals surface area (Å²) in [5, 5.41) is 4.81. The van der Waals surface area contributed by atoms with Gasteiger partial charge in [-0.2, -0.15) is 13.0 Å². The summed E-state index contributed by atoms with van der Waals surface area (Å²) in [6, 6.07) is 42.8. The van der Waals surface area contributed by atoms with Crippen LogP contribution in [-0.4, -0.2) is 72.5 Å². The summed E-state index contributed by atoms with van der Waals surface area (Å²) < 4.78 is 82.5. The standard InChI is InChI=1S/C34H30Cl4N4O3S.C32H33ClN2O7S3/c1-5-27(45-28-13-11-18(2)14-20(28)4)33(43)40-25-8-6-7-9-29(25)46-31-32(39-26-15-19(3)10-12-22(26)36)41-42(34(31)44)30-23(37)16-21(35)17-24(30)38;1-3-23(19-32-35(15-7-17-44(36,37)38)28-21-26(33)11-13-30(28)43-32)18-31-34(16-14-22(2)45(39,40)41)27-20-25(10-12-29(27)42-31)24-8-5-4-6-9-24/h6-17,27,31H,5H2,1-4H3,(H,39,41)(H,40,43);4-6,8-13,18-22H,3,7,14-17H2,1-2H3,(H-,36,37,38,39,40,41). The molecule has 8 aromatic rings. The second-order valence-electron chi connectivity index (χ2n) is 21.5. The highest BCUT2D eigenvalue weighted by Crippen LogP contribution is 2.44. The molecule has 1 aromatic heterocycles. The molecule has 0 bridgehead atoms. The molecule has 2 amide bonds. The molecule has 0 spiro atoms. The molecule has 1 fully saturated rings. The van der Waals surface area contributed by atoms with Gasteiger partial charge in [0.05, 0.1) is 48.0 Å². The third-order valence-corrected chi connectivity index (χ3v) is 20.5. The van der Waals surface area contributed by atoms with E-state index in [-0.39, 0.29) is 52.7 Å². The Morgan fingerprint density at radius 1 is 0.857 bits per heavy atom. The number of rotatable bonds is 21. The van der Waals surface area contributed by atoms with Crippen LogP contribution in [0.3, 0.4) is 0 Å². The number of carbonyl (C=O) groups excluding carboxylic acids is 2. The monoisotopic (exact) mass is 1400 g/mol. The Kier molecular flexibility index (Phi) is 22.6. The minimum Gasteiger partial charge on any atom is -0.748 e. The van der Waals surface area contributed by atoms with Gasteiger partial charge < -0.3 is 24.2 Å². The van der Waals surface area contributed by atoms with Crippen LogP contribution in [0.5, 0.6) is 11.5 Å².